The summed E-state index contributed by atoms with van der Waals surface area (Å²) in [5, 5.41) is 3.13. The van der Waals surface area contributed by atoms with Crippen molar-refractivity contribution in [2.24, 2.45) is 0 Å². The third-order valence-electron chi connectivity index (χ3n) is 6.54. The lowest BCUT2D eigenvalue weighted by molar-refractivity contribution is 0.0916. The topological polar surface area (TPSA) is 58.1 Å². The fourth-order valence-corrected chi connectivity index (χ4v) is 4.49. The van der Waals surface area contributed by atoms with E-state index in [4.69, 9.17) is 0 Å². The lowest BCUT2D eigenvalue weighted by atomic mass is 9.72. The van der Waals surface area contributed by atoms with Crippen LogP contribution in [0.15, 0.2) is 73.2 Å². The van der Waals surface area contributed by atoms with Crippen molar-refractivity contribution in [3.05, 3.63) is 95.6 Å². The number of benzene rings is 2. The van der Waals surface area contributed by atoms with E-state index in [9.17, 15) is 4.79 Å². The average molecular weight is 415 g/mol. The second-order valence-corrected chi connectivity index (χ2v) is 8.44. The molecule has 1 saturated heterocycles. The Morgan fingerprint density at radius 2 is 1.77 bits per heavy atom. The number of amides is 1. The number of aromatic nitrogens is 2. The SMILES string of the molecule is Cc1ccccc1CCN1CCC(CNC(=O)c2cnccn2)(c2ccccc2)CC1. The van der Waals surface area contributed by atoms with Crippen molar-refractivity contribution in [1.29, 1.82) is 0 Å². The van der Waals surface area contributed by atoms with Crippen molar-refractivity contribution in [1.82, 2.24) is 20.2 Å². The summed E-state index contributed by atoms with van der Waals surface area (Å²) < 4.78 is 0. The first-order chi connectivity index (χ1) is 15.2. The van der Waals surface area contributed by atoms with Crippen LogP contribution in [0.5, 0.6) is 0 Å². The van der Waals surface area contributed by atoms with Gasteiger partial charge in [0, 0.05) is 30.9 Å². The Labute approximate surface area is 184 Å². The number of carbonyl (C=O) groups excluding carboxylic acids is 1. The number of nitrogens with zero attached hydrogens (tertiary/aromatic N) is 3. The summed E-state index contributed by atoms with van der Waals surface area (Å²) >= 11 is 0. The van der Waals surface area contributed by atoms with E-state index in [-0.39, 0.29) is 11.3 Å². The van der Waals surface area contributed by atoms with Gasteiger partial charge < -0.3 is 10.2 Å². The summed E-state index contributed by atoms with van der Waals surface area (Å²) in [7, 11) is 0. The minimum atomic E-state index is -0.162. The van der Waals surface area contributed by atoms with Gasteiger partial charge in [-0.1, -0.05) is 54.6 Å². The Bertz CT molecular complexity index is 983. The fourth-order valence-electron chi connectivity index (χ4n) is 4.49. The molecule has 160 valence electrons. The van der Waals surface area contributed by atoms with Crippen molar-refractivity contribution in [3.8, 4) is 0 Å². The van der Waals surface area contributed by atoms with Crippen LogP contribution in [0.25, 0.3) is 0 Å². The van der Waals surface area contributed by atoms with Crippen LogP contribution in [0.2, 0.25) is 0 Å². The average Bonchev–Trinajstić information content (AvgIpc) is 2.84. The lowest BCUT2D eigenvalue weighted by Crippen LogP contribution is -2.49. The molecule has 0 bridgehead atoms. The highest BCUT2D eigenvalue weighted by Crippen LogP contribution is 2.35. The normalized spacial score (nSPS) is 16.0. The zero-order valence-corrected chi connectivity index (χ0v) is 18.1. The first kappa shape index (κ1) is 21.2. The highest BCUT2D eigenvalue weighted by Gasteiger charge is 2.36. The first-order valence-electron chi connectivity index (χ1n) is 11.0. The fraction of sp³-hybridized carbons (Fsp3) is 0.346. The van der Waals surface area contributed by atoms with Gasteiger partial charge in [-0.2, -0.15) is 0 Å². The molecule has 1 amide bonds. The zero-order chi connectivity index (χ0) is 21.5. The van der Waals surface area contributed by atoms with Crippen LogP contribution >= 0.6 is 0 Å². The van der Waals surface area contributed by atoms with E-state index >= 15 is 0 Å². The summed E-state index contributed by atoms with van der Waals surface area (Å²) in [5.41, 5.74) is 4.40. The molecule has 5 nitrogen and oxygen atoms in total. The number of rotatable bonds is 7. The summed E-state index contributed by atoms with van der Waals surface area (Å²) in [6.45, 7) is 5.93. The molecule has 1 aliphatic rings. The van der Waals surface area contributed by atoms with Crippen molar-refractivity contribution >= 4 is 5.91 Å². The van der Waals surface area contributed by atoms with Crippen LogP contribution in [0.3, 0.4) is 0 Å². The molecule has 1 fully saturated rings. The molecule has 1 N–H and O–H groups in total. The number of nitrogens with one attached hydrogen (secondary N) is 1. The van der Waals surface area contributed by atoms with E-state index in [1.54, 1.807) is 12.4 Å². The van der Waals surface area contributed by atoms with Crippen molar-refractivity contribution in [2.45, 2.75) is 31.6 Å². The van der Waals surface area contributed by atoms with Gasteiger partial charge in [-0.25, -0.2) is 4.98 Å². The Morgan fingerprint density at radius 3 is 2.48 bits per heavy atom. The molecule has 0 radical (unpaired) electrons. The van der Waals surface area contributed by atoms with Gasteiger partial charge in [-0.05, 0) is 56.0 Å². The van der Waals surface area contributed by atoms with Crippen molar-refractivity contribution in [2.75, 3.05) is 26.2 Å². The molecule has 0 atom stereocenters. The molecule has 0 saturated carbocycles. The minimum Gasteiger partial charge on any atom is -0.350 e. The molecule has 3 aromatic rings. The molecule has 1 aromatic heterocycles. The summed E-state index contributed by atoms with van der Waals surface area (Å²) in [4.78, 5) is 23.3. The predicted molar refractivity (Wildman–Crippen MR) is 123 cm³/mol. The number of hydrogen-bond acceptors (Lipinski definition) is 4. The van der Waals surface area contributed by atoms with Gasteiger partial charge in [-0.15, -0.1) is 0 Å². The van der Waals surface area contributed by atoms with Gasteiger partial charge in [0.2, 0.25) is 0 Å². The smallest absolute Gasteiger partial charge is 0.271 e. The van der Waals surface area contributed by atoms with Gasteiger partial charge in [0.25, 0.3) is 5.91 Å². The van der Waals surface area contributed by atoms with Gasteiger partial charge in [0.05, 0.1) is 6.20 Å². The highest BCUT2D eigenvalue weighted by molar-refractivity contribution is 5.91. The molecule has 2 heterocycles. The standard InChI is InChI=1S/C26H30N4O/c1-21-7-5-6-8-22(21)11-16-30-17-12-26(13-18-30,23-9-3-2-4-10-23)20-29-25(31)24-19-27-14-15-28-24/h2-10,14-15,19H,11-13,16-18,20H2,1H3,(H,29,31). The second kappa shape index (κ2) is 9.84. The molecule has 5 heteroatoms. The Kier molecular flexibility index (Phi) is 6.73. The maximum atomic E-state index is 12.6. The quantitative estimate of drug-likeness (QED) is 0.639. The third-order valence-corrected chi connectivity index (χ3v) is 6.54. The molecule has 0 unspecified atom stereocenters. The predicted octanol–water partition coefficient (Wildman–Crippen LogP) is 3.79. The Balaban J connectivity index is 1.41. The molecular weight excluding hydrogens is 384 g/mol. The molecule has 0 spiro atoms. The van der Waals surface area contributed by atoms with E-state index < -0.39 is 0 Å². The summed E-state index contributed by atoms with van der Waals surface area (Å²) in [6, 6.07) is 19.3. The molecule has 2 aromatic carbocycles. The molecular formula is C26H30N4O. The number of carbonyl (C=O) groups is 1. The van der Waals surface area contributed by atoms with Crippen molar-refractivity contribution < 1.29 is 4.79 Å². The van der Waals surface area contributed by atoms with E-state index in [1.165, 1.54) is 22.9 Å². The van der Waals surface area contributed by atoms with E-state index in [0.717, 1.165) is 38.9 Å². The van der Waals surface area contributed by atoms with Gasteiger partial charge in [0.1, 0.15) is 5.69 Å². The highest BCUT2D eigenvalue weighted by atomic mass is 16.1. The number of piperidine rings is 1. The van der Waals surface area contributed by atoms with Crippen molar-refractivity contribution in [3.63, 3.8) is 0 Å². The molecule has 0 aliphatic carbocycles. The number of likely N-dealkylation sites (tertiary alicyclic amines) is 1. The van der Waals surface area contributed by atoms with E-state index in [0.29, 0.717) is 12.2 Å². The largest absolute Gasteiger partial charge is 0.350 e. The van der Waals surface area contributed by atoms with Crippen LogP contribution < -0.4 is 5.32 Å². The van der Waals surface area contributed by atoms with Crippen LogP contribution in [0, 0.1) is 6.92 Å². The molecule has 4 rings (SSSR count). The third kappa shape index (κ3) is 5.17. The molecule has 31 heavy (non-hydrogen) atoms. The summed E-state index contributed by atoms with van der Waals surface area (Å²) in [6.07, 6.45) is 7.76. The van der Waals surface area contributed by atoms with E-state index in [2.05, 4.69) is 75.6 Å². The number of aryl methyl sites for hydroxylation is 1. The van der Waals surface area contributed by atoms with Gasteiger partial charge in [-0.3, -0.25) is 9.78 Å². The lowest BCUT2D eigenvalue weighted by Gasteiger charge is -2.42. The van der Waals surface area contributed by atoms with E-state index in [1.807, 2.05) is 6.07 Å². The summed E-state index contributed by atoms with van der Waals surface area (Å²) in [5.74, 6) is -0.162. The van der Waals surface area contributed by atoms with Crippen LogP contribution in [0.1, 0.15) is 40.0 Å². The Hall–Kier alpha value is -3.05. The Morgan fingerprint density at radius 1 is 1.03 bits per heavy atom. The van der Waals surface area contributed by atoms with Crippen LogP contribution in [-0.2, 0) is 11.8 Å². The second-order valence-electron chi connectivity index (χ2n) is 8.44. The maximum absolute atomic E-state index is 12.6. The van der Waals surface area contributed by atoms with Gasteiger partial charge in [0.15, 0.2) is 0 Å². The first-order valence-corrected chi connectivity index (χ1v) is 11.0. The van der Waals surface area contributed by atoms with Crippen LogP contribution in [0.4, 0.5) is 0 Å². The molecule has 1 aliphatic heterocycles. The maximum Gasteiger partial charge on any atom is 0.271 e. The number of hydrogen-bond donors (Lipinski definition) is 1. The monoisotopic (exact) mass is 414 g/mol. The van der Waals surface area contributed by atoms with Gasteiger partial charge >= 0.3 is 0 Å². The zero-order valence-electron chi connectivity index (χ0n) is 18.1. The van der Waals surface area contributed by atoms with Crippen LogP contribution in [-0.4, -0.2) is 47.0 Å². The minimum absolute atomic E-state index is 0.0572.